The van der Waals surface area contributed by atoms with Crippen LogP contribution >= 0.6 is 12.2 Å². The lowest BCUT2D eigenvalue weighted by atomic mass is 10.1. The molecule has 2 rings (SSSR count). The molecule has 8 heteroatoms. The number of rotatable bonds is 5. The van der Waals surface area contributed by atoms with Crippen molar-refractivity contribution in [2.24, 2.45) is 0 Å². The Balaban J connectivity index is 2.10. The molecule has 2 aromatic carbocycles. The van der Waals surface area contributed by atoms with Gasteiger partial charge in [-0.2, -0.15) is 0 Å². The van der Waals surface area contributed by atoms with Crippen LogP contribution in [0.15, 0.2) is 36.4 Å². The van der Waals surface area contributed by atoms with Crippen molar-refractivity contribution in [1.82, 2.24) is 0 Å². The molecule has 0 amide bonds. The number of thiocarbonyl (C=S) groups is 1. The molecule has 0 aliphatic rings. The zero-order valence-electron chi connectivity index (χ0n) is 13.5. The van der Waals surface area contributed by atoms with Crippen molar-refractivity contribution in [3.8, 4) is 11.5 Å². The van der Waals surface area contributed by atoms with Crippen molar-refractivity contribution < 1.29 is 14.4 Å². The monoisotopic (exact) mass is 347 g/mol. The smallest absolute Gasteiger partial charge is 0.269 e. The summed E-state index contributed by atoms with van der Waals surface area (Å²) in [5.41, 5.74) is 2.37. The summed E-state index contributed by atoms with van der Waals surface area (Å²) in [5.74, 6) is 1.22. The molecule has 0 atom stereocenters. The molecule has 2 N–H and O–H groups in total. The predicted molar refractivity (Wildman–Crippen MR) is 97.2 cm³/mol. The second-order valence-corrected chi connectivity index (χ2v) is 5.31. The van der Waals surface area contributed by atoms with E-state index in [2.05, 4.69) is 10.6 Å². The second kappa shape index (κ2) is 7.60. The van der Waals surface area contributed by atoms with Gasteiger partial charge >= 0.3 is 0 Å². The summed E-state index contributed by atoms with van der Waals surface area (Å²) in [6.45, 7) is 1.92. The van der Waals surface area contributed by atoms with Crippen molar-refractivity contribution in [1.29, 1.82) is 0 Å². The van der Waals surface area contributed by atoms with Gasteiger partial charge in [0.2, 0.25) is 0 Å². The summed E-state index contributed by atoms with van der Waals surface area (Å²) >= 11 is 5.27. The number of hydrogen-bond acceptors (Lipinski definition) is 5. The molecule has 0 aliphatic carbocycles. The van der Waals surface area contributed by atoms with E-state index < -0.39 is 4.92 Å². The van der Waals surface area contributed by atoms with Gasteiger partial charge in [-0.3, -0.25) is 10.1 Å². The number of nitrogens with zero attached hydrogens (tertiary/aromatic N) is 1. The highest BCUT2D eigenvalue weighted by Gasteiger charge is 2.10. The van der Waals surface area contributed by atoms with E-state index in [0.717, 1.165) is 11.3 Å². The number of methoxy groups -OCH3 is 2. The van der Waals surface area contributed by atoms with Gasteiger partial charge < -0.3 is 20.1 Å². The molecule has 0 saturated heterocycles. The first-order valence-electron chi connectivity index (χ1n) is 6.99. The molecule has 0 radical (unpaired) electrons. The number of ether oxygens (including phenoxy) is 2. The molecule has 7 nitrogen and oxygen atoms in total. The van der Waals surface area contributed by atoms with Gasteiger partial charge in [-0.25, -0.2) is 0 Å². The number of benzene rings is 2. The standard InChI is InChI=1S/C16H17N3O4S/c1-10-8-14(22-2)15(23-3)9-13(10)18-16(24)17-11-4-6-12(7-5-11)19(20)21/h4-9H,1-3H3,(H2,17,18,24). The first-order chi connectivity index (χ1) is 11.4. The molecule has 0 aromatic heterocycles. The Labute approximate surface area is 144 Å². The molecule has 0 unspecified atom stereocenters. The summed E-state index contributed by atoms with van der Waals surface area (Å²) in [6.07, 6.45) is 0. The van der Waals surface area contributed by atoms with E-state index >= 15 is 0 Å². The van der Waals surface area contributed by atoms with Crippen LogP contribution in [0.4, 0.5) is 17.1 Å². The Morgan fingerprint density at radius 2 is 1.67 bits per heavy atom. The number of hydrogen-bond donors (Lipinski definition) is 2. The van der Waals surface area contributed by atoms with Gasteiger partial charge in [-0.15, -0.1) is 0 Å². The van der Waals surface area contributed by atoms with Crippen LogP contribution in [0, 0.1) is 17.0 Å². The van der Waals surface area contributed by atoms with Crippen LogP contribution in [0.25, 0.3) is 0 Å². The van der Waals surface area contributed by atoms with Crippen LogP contribution in [0.5, 0.6) is 11.5 Å². The number of nitrogens with one attached hydrogen (secondary N) is 2. The summed E-state index contributed by atoms with van der Waals surface area (Å²) in [6, 6.07) is 9.63. The Kier molecular flexibility index (Phi) is 5.54. The number of anilines is 2. The largest absolute Gasteiger partial charge is 0.493 e. The van der Waals surface area contributed by atoms with E-state index in [4.69, 9.17) is 21.7 Å². The fraction of sp³-hybridized carbons (Fsp3) is 0.188. The topological polar surface area (TPSA) is 85.7 Å². The lowest BCUT2D eigenvalue weighted by Gasteiger charge is -2.15. The first-order valence-corrected chi connectivity index (χ1v) is 7.40. The Morgan fingerprint density at radius 1 is 1.08 bits per heavy atom. The summed E-state index contributed by atoms with van der Waals surface area (Å²) < 4.78 is 10.5. The molecular weight excluding hydrogens is 330 g/mol. The molecule has 126 valence electrons. The zero-order valence-corrected chi connectivity index (χ0v) is 14.3. The minimum atomic E-state index is -0.451. The average molecular weight is 347 g/mol. The van der Waals surface area contributed by atoms with E-state index in [-0.39, 0.29) is 5.69 Å². The van der Waals surface area contributed by atoms with Crippen molar-refractivity contribution in [2.45, 2.75) is 6.92 Å². The first kappa shape index (κ1) is 17.5. The lowest BCUT2D eigenvalue weighted by molar-refractivity contribution is -0.384. The van der Waals surface area contributed by atoms with Gasteiger partial charge in [-0.05, 0) is 42.9 Å². The summed E-state index contributed by atoms with van der Waals surface area (Å²) in [7, 11) is 3.13. The van der Waals surface area contributed by atoms with Gasteiger partial charge in [0.05, 0.1) is 19.1 Å². The fourth-order valence-corrected chi connectivity index (χ4v) is 2.29. The maximum Gasteiger partial charge on any atom is 0.269 e. The number of non-ortho nitro benzene ring substituents is 1. The van der Waals surface area contributed by atoms with Crippen molar-refractivity contribution in [3.05, 3.63) is 52.1 Å². The van der Waals surface area contributed by atoms with Crippen molar-refractivity contribution >= 4 is 34.4 Å². The predicted octanol–water partition coefficient (Wildman–Crippen LogP) is 3.73. The number of nitro groups is 1. The molecule has 0 saturated carbocycles. The maximum absolute atomic E-state index is 10.7. The van der Waals surface area contributed by atoms with Gasteiger partial charge in [0, 0.05) is 29.6 Å². The average Bonchev–Trinajstić information content (AvgIpc) is 2.56. The highest BCUT2D eigenvalue weighted by Crippen LogP contribution is 2.33. The highest BCUT2D eigenvalue weighted by atomic mass is 32.1. The SMILES string of the molecule is COc1cc(C)c(NC(=S)Nc2ccc([N+](=O)[O-])cc2)cc1OC. The molecular formula is C16H17N3O4S. The van der Waals surface area contributed by atoms with Gasteiger partial charge in [0.1, 0.15) is 0 Å². The van der Waals surface area contributed by atoms with E-state index in [0.29, 0.717) is 22.3 Å². The normalized spacial score (nSPS) is 9.96. The zero-order chi connectivity index (χ0) is 17.7. The third-order valence-corrected chi connectivity index (χ3v) is 3.52. The van der Waals surface area contributed by atoms with Gasteiger partial charge in [0.25, 0.3) is 5.69 Å². The van der Waals surface area contributed by atoms with Crippen molar-refractivity contribution in [2.75, 3.05) is 24.9 Å². The quantitative estimate of drug-likeness (QED) is 0.484. The third kappa shape index (κ3) is 4.11. The van der Waals surface area contributed by atoms with E-state index in [1.807, 2.05) is 13.0 Å². The Morgan fingerprint density at radius 3 is 2.21 bits per heavy atom. The number of nitro benzene ring substituents is 1. The van der Waals surface area contributed by atoms with E-state index in [1.165, 1.54) is 12.1 Å². The van der Waals surface area contributed by atoms with Gasteiger partial charge in [0.15, 0.2) is 16.6 Å². The molecule has 0 fully saturated rings. The minimum Gasteiger partial charge on any atom is -0.493 e. The van der Waals surface area contributed by atoms with Crippen LogP contribution in [0.3, 0.4) is 0 Å². The Hall–Kier alpha value is -2.87. The molecule has 0 bridgehead atoms. The highest BCUT2D eigenvalue weighted by molar-refractivity contribution is 7.80. The van der Waals surface area contributed by atoms with E-state index in [9.17, 15) is 10.1 Å². The van der Waals surface area contributed by atoms with E-state index in [1.54, 1.807) is 32.4 Å². The number of aryl methyl sites for hydroxylation is 1. The second-order valence-electron chi connectivity index (χ2n) is 4.91. The maximum atomic E-state index is 10.7. The molecule has 0 aliphatic heterocycles. The molecule has 24 heavy (non-hydrogen) atoms. The third-order valence-electron chi connectivity index (χ3n) is 3.31. The lowest BCUT2D eigenvalue weighted by Crippen LogP contribution is -2.19. The van der Waals surface area contributed by atoms with Crippen LogP contribution < -0.4 is 20.1 Å². The van der Waals surface area contributed by atoms with Crippen molar-refractivity contribution in [3.63, 3.8) is 0 Å². The van der Waals surface area contributed by atoms with Gasteiger partial charge in [-0.1, -0.05) is 0 Å². The molecule has 0 heterocycles. The van der Waals surface area contributed by atoms with Crippen LogP contribution in [-0.4, -0.2) is 24.3 Å². The molecule has 0 spiro atoms. The van der Waals surface area contributed by atoms with Crippen LogP contribution in [-0.2, 0) is 0 Å². The Bertz CT molecular complexity index is 763. The fourth-order valence-electron chi connectivity index (χ4n) is 2.07. The molecule has 2 aromatic rings. The summed E-state index contributed by atoms with van der Waals surface area (Å²) in [5, 5.41) is 17.1. The van der Waals surface area contributed by atoms with Crippen LogP contribution in [0.1, 0.15) is 5.56 Å². The summed E-state index contributed by atoms with van der Waals surface area (Å²) in [4.78, 5) is 10.2. The minimum absolute atomic E-state index is 0.0233. The van der Waals surface area contributed by atoms with Crippen LogP contribution in [0.2, 0.25) is 0 Å².